The molecule has 1 heterocycles. The predicted octanol–water partition coefficient (Wildman–Crippen LogP) is 2.15. The number of hydrogen-bond donors (Lipinski definition) is 2. The molecule has 0 aliphatic heterocycles. The smallest absolute Gasteiger partial charge is 0.234 e. The molecule has 134 valence electrons. The van der Waals surface area contributed by atoms with E-state index in [1.165, 1.54) is 36.0 Å². The second-order valence-corrected chi connectivity index (χ2v) is 6.67. The lowest BCUT2D eigenvalue weighted by Crippen LogP contribution is -2.31. The highest BCUT2D eigenvalue weighted by molar-refractivity contribution is 8.00. The van der Waals surface area contributed by atoms with Crippen molar-refractivity contribution < 1.29 is 14.0 Å². The maximum Gasteiger partial charge on any atom is 0.234 e. The number of anilines is 1. The highest BCUT2D eigenvalue weighted by atomic mass is 32.2. The van der Waals surface area contributed by atoms with Gasteiger partial charge in [0.25, 0.3) is 0 Å². The first-order valence-corrected chi connectivity index (χ1v) is 9.05. The Hall–Kier alpha value is -2.35. The molecule has 2 N–H and O–H groups in total. The molecule has 0 saturated carbocycles. The third kappa shape index (κ3) is 7.38. The molecule has 1 unspecified atom stereocenters. The fraction of sp³-hybridized carbons (Fsp3) is 0.353. The third-order valence-electron chi connectivity index (χ3n) is 3.30. The third-order valence-corrected chi connectivity index (χ3v) is 4.23. The number of carbonyl (C=O) groups excluding carboxylic acids is 2. The van der Waals surface area contributed by atoms with E-state index in [9.17, 15) is 14.0 Å². The molecule has 0 saturated heterocycles. The molecule has 8 heteroatoms. The monoisotopic (exact) mass is 364 g/mol. The van der Waals surface area contributed by atoms with E-state index in [1.807, 2.05) is 23.9 Å². The normalized spacial score (nSPS) is 11.8. The number of benzene rings is 1. The summed E-state index contributed by atoms with van der Waals surface area (Å²) in [5.41, 5.74) is 0.531. The molecule has 0 aliphatic rings. The van der Waals surface area contributed by atoms with E-state index in [-0.39, 0.29) is 35.1 Å². The number of carbonyl (C=O) groups is 2. The van der Waals surface area contributed by atoms with Crippen LogP contribution in [0.25, 0.3) is 0 Å². The standard InChI is InChI=1S/C17H21FN4O2S/c1-13(10-22-8-2-7-20-22)9-19-16(23)11-25-12-17(24)21-15-5-3-14(18)4-6-15/h2-8,13H,9-12H2,1H3,(H,19,23)(H,21,24). The van der Waals surface area contributed by atoms with E-state index in [0.29, 0.717) is 12.2 Å². The molecule has 0 bridgehead atoms. The van der Waals surface area contributed by atoms with Crippen LogP contribution in [-0.4, -0.2) is 39.6 Å². The maximum atomic E-state index is 12.8. The lowest BCUT2D eigenvalue weighted by atomic mass is 10.2. The van der Waals surface area contributed by atoms with Gasteiger partial charge in [-0.15, -0.1) is 11.8 Å². The molecule has 2 amide bonds. The molecule has 0 fully saturated rings. The van der Waals surface area contributed by atoms with Crippen LogP contribution in [-0.2, 0) is 16.1 Å². The van der Waals surface area contributed by atoms with Crippen molar-refractivity contribution in [1.82, 2.24) is 15.1 Å². The molecule has 1 aromatic heterocycles. The van der Waals surface area contributed by atoms with E-state index in [4.69, 9.17) is 0 Å². The second-order valence-electron chi connectivity index (χ2n) is 5.69. The van der Waals surface area contributed by atoms with E-state index < -0.39 is 0 Å². The van der Waals surface area contributed by atoms with Gasteiger partial charge in [-0.2, -0.15) is 5.10 Å². The van der Waals surface area contributed by atoms with Crippen LogP contribution in [0.2, 0.25) is 0 Å². The van der Waals surface area contributed by atoms with E-state index in [2.05, 4.69) is 15.7 Å². The van der Waals surface area contributed by atoms with Gasteiger partial charge in [0.2, 0.25) is 11.8 Å². The van der Waals surface area contributed by atoms with Crippen molar-refractivity contribution >= 4 is 29.3 Å². The van der Waals surface area contributed by atoms with Gasteiger partial charge in [0, 0.05) is 31.2 Å². The molecule has 0 aliphatic carbocycles. The van der Waals surface area contributed by atoms with Gasteiger partial charge < -0.3 is 10.6 Å². The summed E-state index contributed by atoms with van der Waals surface area (Å²) >= 11 is 1.23. The van der Waals surface area contributed by atoms with Crippen molar-refractivity contribution in [3.8, 4) is 0 Å². The summed E-state index contributed by atoms with van der Waals surface area (Å²) in [6.45, 7) is 3.33. The first-order valence-electron chi connectivity index (χ1n) is 7.90. The van der Waals surface area contributed by atoms with Crippen LogP contribution >= 0.6 is 11.8 Å². The summed E-state index contributed by atoms with van der Waals surface area (Å²) in [6.07, 6.45) is 3.60. The summed E-state index contributed by atoms with van der Waals surface area (Å²) in [6, 6.07) is 7.40. The zero-order valence-corrected chi connectivity index (χ0v) is 14.8. The van der Waals surface area contributed by atoms with E-state index in [0.717, 1.165) is 6.54 Å². The Labute approximate surface area is 150 Å². The van der Waals surface area contributed by atoms with Crippen molar-refractivity contribution in [2.24, 2.45) is 5.92 Å². The van der Waals surface area contributed by atoms with Gasteiger partial charge in [0.1, 0.15) is 5.82 Å². The largest absolute Gasteiger partial charge is 0.355 e. The number of aromatic nitrogens is 2. The number of nitrogens with one attached hydrogen (secondary N) is 2. The van der Waals surface area contributed by atoms with Crippen LogP contribution in [0, 0.1) is 11.7 Å². The topological polar surface area (TPSA) is 76.0 Å². The number of amides is 2. The van der Waals surface area contributed by atoms with Gasteiger partial charge in [-0.3, -0.25) is 14.3 Å². The van der Waals surface area contributed by atoms with Crippen molar-refractivity contribution in [3.05, 3.63) is 48.5 Å². The molecular formula is C17H21FN4O2S. The Morgan fingerprint density at radius 3 is 2.64 bits per heavy atom. The average molecular weight is 364 g/mol. The minimum Gasteiger partial charge on any atom is -0.355 e. The molecule has 2 aromatic rings. The van der Waals surface area contributed by atoms with Crippen LogP contribution in [0.3, 0.4) is 0 Å². The Bertz CT molecular complexity index is 676. The minimum atomic E-state index is -0.356. The van der Waals surface area contributed by atoms with Crippen LogP contribution in [0.1, 0.15) is 6.92 Å². The lowest BCUT2D eigenvalue weighted by Gasteiger charge is -2.12. The summed E-state index contributed by atoms with van der Waals surface area (Å²) < 4.78 is 14.6. The number of thioether (sulfide) groups is 1. The highest BCUT2D eigenvalue weighted by Crippen LogP contribution is 2.09. The fourth-order valence-corrected chi connectivity index (χ4v) is 2.75. The Morgan fingerprint density at radius 1 is 1.24 bits per heavy atom. The van der Waals surface area contributed by atoms with Gasteiger partial charge in [-0.1, -0.05) is 6.92 Å². The predicted molar refractivity (Wildman–Crippen MR) is 96.8 cm³/mol. The van der Waals surface area contributed by atoms with Gasteiger partial charge in [0.05, 0.1) is 11.5 Å². The van der Waals surface area contributed by atoms with Crippen LogP contribution in [0.5, 0.6) is 0 Å². The molecule has 25 heavy (non-hydrogen) atoms. The second kappa shape index (κ2) is 9.83. The van der Waals surface area contributed by atoms with E-state index >= 15 is 0 Å². The van der Waals surface area contributed by atoms with E-state index in [1.54, 1.807) is 6.20 Å². The summed E-state index contributed by atoms with van der Waals surface area (Å²) in [4.78, 5) is 23.6. The van der Waals surface area contributed by atoms with Crippen molar-refractivity contribution in [3.63, 3.8) is 0 Å². The zero-order chi connectivity index (χ0) is 18.1. The summed E-state index contributed by atoms with van der Waals surface area (Å²) in [5.74, 6) is -0.0521. The van der Waals surface area contributed by atoms with Crippen molar-refractivity contribution in [2.75, 3.05) is 23.4 Å². The number of nitrogens with zero attached hydrogens (tertiary/aromatic N) is 2. The van der Waals surface area contributed by atoms with Crippen LogP contribution in [0.15, 0.2) is 42.7 Å². The van der Waals surface area contributed by atoms with Gasteiger partial charge in [0.15, 0.2) is 0 Å². The SMILES string of the molecule is CC(CNC(=O)CSCC(=O)Nc1ccc(F)cc1)Cn1cccn1. The van der Waals surface area contributed by atoms with Gasteiger partial charge in [-0.25, -0.2) is 4.39 Å². The van der Waals surface area contributed by atoms with Gasteiger partial charge >= 0.3 is 0 Å². The van der Waals surface area contributed by atoms with Gasteiger partial charge in [-0.05, 0) is 36.2 Å². The molecule has 0 spiro atoms. The summed E-state index contributed by atoms with van der Waals surface area (Å²) in [7, 11) is 0. The Kier molecular flexibility index (Phi) is 7.46. The first-order chi connectivity index (χ1) is 12.0. The molecule has 2 rings (SSSR count). The van der Waals surface area contributed by atoms with Crippen molar-refractivity contribution in [1.29, 1.82) is 0 Å². The lowest BCUT2D eigenvalue weighted by molar-refractivity contribution is -0.118. The first kappa shape index (κ1) is 19.0. The Morgan fingerprint density at radius 2 is 1.96 bits per heavy atom. The number of halogens is 1. The minimum absolute atomic E-state index is 0.105. The molecule has 1 aromatic carbocycles. The number of rotatable bonds is 9. The Balaban J connectivity index is 1.58. The van der Waals surface area contributed by atoms with Crippen LogP contribution < -0.4 is 10.6 Å². The quantitative estimate of drug-likeness (QED) is 0.715. The molecule has 0 radical (unpaired) electrons. The maximum absolute atomic E-state index is 12.8. The zero-order valence-electron chi connectivity index (χ0n) is 13.9. The molecular weight excluding hydrogens is 343 g/mol. The fourth-order valence-electron chi connectivity index (χ4n) is 2.10. The molecule has 1 atom stereocenters. The highest BCUT2D eigenvalue weighted by Gasteiger charge is 2.09. The number of hydrogen-bond acceptors (Lipinski definition) is 4. The summed E-state index contributed by atoms with van der Waals surface area (Å²) in [5, 5.41) is 9.63. The average Bonchev–Trinajstić information content (AvgIpc) is 3.08. The van der Waals surface area contributed by atoms with Crippen LogP contribution in [0.4, 0.5) is 10.1 Å². The molecule has 6 nitrogen and oxygen atoms in total. The van der Waals surface area contributed by atoms with Crippen molar-refractivity contribution in [2.45, 2.75) is 13.5 Å².